The SMILES string of the molecule is C[C@@H](c1nnnn1C1CC1)N1CCN(c2cc(C3CC3)[nH]n2)CC1. The average Bonchev–Trinajstić information content (AvgIpc) is 3.55. The van der Waals surface area contributed by atoms with Crippen LogP contribution >= 0.6 is 0 Å². The topological polar surface area (TPSA) is 78.8 Å². The predicted molar refractivity (Wildman–Crippen MR) is 88.9 cm³/mol. The van der Waals surface area contributed by atoms with Gasteiger partial charge >= 0.3 is 0 Å². The van der Waals surface area contributed by atoms with E-state index in [1.165, 1.54) is 31.4 Å². The fourth-order valence-corrected chi connectivity index (χ4v) is 3.65. The van der Waals surface area contributed by atoms with Gasteiger partial charge in [-0.05, 0) is 43.0 Å². The summed E-state index contributed by atoms with van der Waals surface area (Å²) in [7, 11) is 0. The van der Waals surface area contributed by atoms with Gasteiger partial charge in [-0.25, -0.2) is 4.68 Å². The number of aromatic amines is 1. The van der Waals surface area contributed by atoms with Gasteiger partial charge in [0.2, 0.25) is 0 Å². The van der Waals surface area contributed by atoms with Crippen LogP contribution in [-0.2, 0) is 0 Å². The van der Waals surface area contributed by atoms with Gasteiger partial charge in [-0.15, -0.1) is 5.10 Å². The molecule has 8 nitrogen and oxygen atoms in total. The molecule has 0 unspecified atom stereocenters. The maximum Gasteiger partial charge on any atom is 0.168 e. The molecule has 1 N–H and O–H groups in total. The number of tetrazole rings is 1. The summed E-state index contributed by atoms with van der Waals surface area (Å²) in [5.41, 5.74) is 1.31. The minimum absolute atomic E-state index is 0.268. The van der Waals surface area contributed by atoms with Crippen LogP contribution in [0.15, 0.2) is 6.07 Å². The summed E-state index contributed by atoms with van der Waals surface area (Å²) in [6.45, 7) is 6.27. The molecule has 2 aliphatic carbocycles. The molecule has 2 aromatic heterocycles. The molecule has 1 aliphatic heterocycles. The molecule has 8 heteroatoms. The number of nitrogens with zero attached hydrogens (tertiary/aromatic N) is 7. The molecule has 0 amide bonds. The van der Waals surface area contributed by atoms with Gasteiger partial charge < -0.3 is 4.90 Å². The summed E-state index contributed by atoms with van der Waals surface area (Å²) >= 11 is 0. The third-order valence-corrected chi connectivity index (χ3v) is 5.57. The molecular weight excluding hydrogens is 304 g/mol. The molecule has 1 saturated heterocycles. The Hall–Kier alpha value is -1.96. The Morgan fingerprint density at radius 2 is 1.92 bits per heavy atom. The molecule has 0 radical (unpaired) electrons. The number of anilines is 1. The van der Waals surface area contributed by atoms with Gasteiger partial charge in [-0.1, -0.05) is 0 Å². The van der Waals surface area contributed by atoms with Gasteiger partial charge in [-0.3, -0.25) is 10.00 Å². The number of aromatic nitrogens is 6. The van der Waals surface area contributed by atoms with Crippen molar-refractivity contribution < 1.29 is 0 Å². The van der Waals surface area contributed by atoms with Crippen molar-refractivity contribution in [1.82, 2.24) is 35.3 Å². The molecule has 0 aromatic carbocycles. The molecule has 3 fully saturated rings. The average molecular weight is 328 g/mol. The van der Waals surface area contributed by atoms with Crippen molar-refractivity contribution in [1.29, 1.82) is 0 Å². The van der Waals surface area contributed by atoms with Crippen molar-refractivity contribution in [3.05, 3.63) is 17.6 Å². The number of piperazine rings is 1. The first kappa shape index (κ1) is 14.4. The number of nitrogens with one attached hydrogen (secondary N) is 1. The van der Waals surface area contributed by atoms with E-state index in [1.807, 2.05) is 4.68 Å². The lowest BCUT2D eigenvalue weighted by atomic mass is 10.2. The Labute approximate surface area is 141 Å². The van der Waals surface area contributed by atoms with E-state index in [2.05, 4.69) is 48.5 Å². The zero-order valence-electron chi connectivity index (χ0n) is 14.1. The first-order valence-corrected chi connectivity index (χ1v) is 9.11. The Morgan fingerprint density at radius 3 is 2.62 bits per heavy atom. The summed E-state index contributed by atoms with van der Waals surface area (Å²) in [5.74, 6) is 2.85. The van der Waals surface area contributed by atoms with E-state index >= 15 is 0 Å². The lowest BCUT2D eigenvalue weighted by molar-refractivity contribution is 0.186. The van der Waals surface area contributed by atoms with Crippen molar-refractivity contribution in [2.24, 2.45) is 0 Å². The molecule has 5 rings (SSSR count). The predicted octanol–water partition coefficient (Wildman–Crippen LogP) is 1.49. The maximum absolute atomic E-state index is 4.51. The lowest BCUT2D eigenvalue weighted by Gasteiger charge is -2.37. The number of H-pyrrole nitrogens is 1. The monoisotopic (exact) mass is 328 g/mol. The van der Waals surface area contributed by atoms with Crippen LogP contribution in [0.25, 0.3) is 0 Å². The first-order chi connectivity index (χ1) is 11.8. The second-order valence-electron chi connectivity index (χ2n) is 7.37. The van der Waals surface area contributed by atoms with E-state index in [0.29, 0.717) is 6.04 Å². The summed E-state index contributed by atoms with van der Waals surface area (Å²) < 4.78 is 2.03. The van der Waals surface area contributed by atoms with E-state index in [1.54, 1.807) is 0 Å². The lowest BCUT2D eigenvalue weighted by Crippen LogP contribution is -2.47. The van der Waals surface area contributed by atoms with Gasteiger partial charge in [0.1, 0.15) is 0 Å². The summed E-state index contributed by atoms with van der Waals surface area (Å²) in [5, 5.41) is 20.1. The highest BCUT2D eigenvalue weighted by Crippen LogP contribution is 2.40. The molecular formula is C16H24N8. The highest BCUT2D eigenvalue weighted by atomic mass is 15.6. The molecule has 3 heterocycles. The molecule has 3 aliphatic rings. The molecule has 0 spiro atoms. The van der Waals surface area contributed by atoms with Gasteiger partial charge in [0.25, 0.3) is 0 Å². The molecule has 2 saturated carbocycles. The van der Waals surface area contributed by atoms with Crippen molar-refractivity contribution >= 4 is 5.82 Å². The summed E-state index contributed by atoms with van der Waals surface area (Å²) in [6, 6.07) is 3.04. The smallest absolute Gasteiger partial charge is 0.168 e. The van der Waals surface area contributed by atoms with Crippen molar-refractivity contribution in [3.63, 3.8) is 0 Å². The van der Waals surface area contributed by atoms with Crippen LogP contribution in [0.5, 0.6) is 0 Å². The minimum atomic E-state index is 0.268. The molecule has 24 heavy (non-hydrogen) atoms. The largest absolute Gasteiger partial charge is 0.353 e. The second-order valence-corrected chi connectivity index (χ2v) is 7.37. The standard InChI is InChI=1S/C16H24N8/c1-11(16-19-20-21-24(16)13-4-5-13)22-6-8-23(9-7-22)15-10-14(17-18-15)12-2-3-12/h10-13H,2-9H2,1H3,(H,17,18)/t11-/m0/s1. The van der Waals surface area contributed by atoms with E-state index in [-0.39, 0.29) is 6.04 Å². The van der Waals surface area contributed by atoms with Gasteiger partial charge in [0.05, 0.1) is 12.1 Å². The fourth-order valence-electron chi connectivity index (χ4n) is 3.65. The van der Waals surface area contributed by atoms with Gasteiger partial charge in [0, 0.05) is 43.9 Å². The Balaban J connectivity index is 1.23. The first-order valence-electron chi connectivity index (χ1n) is 9.11. The van der Waals surface area contributed by atoms with Crippen LogP contribution in [0.4, 0.5) is 5.82 Å². The van der Waals surface area contributed by atoms with Crippen molar-refractivity contribution in [3.8, 4) is 0 Å². The van der Waals surface area contributed by atoms with Crippen LogP contribution in [0.3, 0.4) is 0 Å². The van der Waals surface area contributed by atoms with E-state index in [4.69, 9.17) is 0 Å². The number of hydrogen-bond acceptors (Lipinski definition) is 6. The zero-order chi connectivity index (χ0) is 16.1. The van der Waals surface area contributed by atoms with Crippen LogP contribution in [0.1, 0.15) is 62.1 Å². The number of rotatable bonds is 5. The highest BCUT2D eigenvalue weighted by Gasteiger charge is 2.33. The van der Waals surface area contributed by atoms with Gasteiger partial charge in [-0.2, -0.15) is 5.10 Å². The van der Waals surface area contributed by atoms with Crippen molar-refractivity contribution in [2.75, 3.05) is 31.1 Å². The summed E-state index contributed by atoms with van der Waals surface area (Å²) in [4.78, 5) is 4.87. The van der Waals surface area contributed by atoms with E-state index in [0.717, 1.165) is 43.7 Å². The third kappa shape index (κ3) is 2.58. The van der Waals surface area contributed by atoms with Crippen LogP contribution < -0.4 is 4.90 Å². The minimum Gasteiger partial charge on any atom is -0.353 e. The number of hydrogen-bond donors (Lipinski definition) is 1. The molecule has 1 atom stereocenters. The molecule has 0 bridgehead atoms. The third-order valence-electron chi connectivity index (χ3n) is 5.57. The fraction of sp³-hybridized carbons (Fsp3) is 0.750. The Kier molecular flexibility index (Phi) is 3.32. The summed E-state index contributed by atoms with van der Waals surface area (Å²) in [6.07, 6.45) is 5.04. The van der Waals surface area contributed by atoms with E-state index < -0.39 is 0 Å². The van der Waals surface area contributed by atoms with Crippen LogP contribution in [-0.4, -0.2) is 61.5 Å². The molecule has 128 valence electrons. The quantitative estimate of drug-likeness (QED) is 0.896. The van der Waals surface area contributed by atoms with E-state index in [9.17, 15) is 0 Å². The van der Waals surface area contributed by atoms with Crippen LogP contribution in [0, 0.1) is 0 Å². The maximum atomic E-state index is 4.51. The highest BCUT2D eigenvalue weighted by molar-refractivity contribution is 5.41. The Morgan fingerprint density at radius 1 is 1.12 bits per heavy atom. The van der Waals surface area contributed by atoms with Crippen molar-refractivity contribution in [2.45, 2.75) is 50.6 Å². The zero-order valence-corrected chi connectivity index (χ0v) is 14.1. The normalized spacial score (nSPS) is 23.6. The second kappa shape index (κ2) is 5.54. The Bertz CT molecular complexity index is 705. The van der Waals surface area contributed by atoms with Gasteiger partial charge in [0.15, 0.2) is 11.6 Å². The van der Waals surface area contributed by atoms with Crippen LogP contribution in [0.2, 0.25) is 0 Å². The molecule has 2 aromatic rings.